The second-order valence-corrected chi connectivity index (χ2v) is 5.16. The van der Waals surface area contributed by atoms with Gasteiger partial charge in [0.05, 0.1) is 18.2 Å². The number of nitrogens with zero attached hydrogens (tertiary/aromatic N) is 1. The molecule has 0 fully saturated rings. The van der Waals surface area contributed by atoms with Gasteiger partial charge in [-0.05, 0) is 36.8 Å². The molecule has 0 saturated heterocycles. The predicted molar refractivity (Wildman–Crippen MR) is 88.9 cm³/mol. The maximum atomic E-state index is 13.8. The minimum absolute atomic E-state index is 0.00454. The molecule has 0 aromatic heterocycles. The normalized spacial score (nSPS) is 10.0. The maximum absolute atomic E-state index is 13.8. The molecule has 25 heavy (non-hydrogen) atoms. The van der Waals surface area contributed by atoms with Crippen LogP contribution in [0.15, 0.2) is 24.3 Å². The van der Waals surface area contributed by atoms with E-state index in [1.807, 2.05) is 6.07 Å². The quantitative estimate of drug-likeness (QED) is 0.500. The number of amides is 1. The number of phenolic OH excluding ortho intramolecular Hbond substituents is 1. The van der Waals surface area contributed by atoms with Gasteiger partial charge in [0, 0.05) is 11.1 Å². The first-order valence-corrected chi connectivity index (χ1v) is 7.06. The first kappa shape index (κ1) is 17.7. The summed E-state index contributed by atoms with van der Waals surface area (Å²) >= 11 is 0. The number of ether oxygens (including phenoxy) is 1. The molecule has 0 radical (unpaired) electrons. The molecule has 0 unspecified atom stereocenters. The number of hydrogen-bond donors (Lipinski definition) is 4. The van der Waals surface area contributed by atoms with E-state index in [0.29, 0.717) is 5.56 Å². The lowest BCUT2D eigenvalue weighted by atomic mass is 9.90. The Hall–Kier alpha value is -3.60. The molecule has 7 nitrogen and oxygen atoms in total. The van der Waals surface area contributed by atoms with Crippen LogP contribution in [-0.2, 0) is 0 Å². The van der Waals surface area contributed by atoms with Crippen LogP contribution in [0.4, 0.5) is 4.39 Å². The zero-order valence-electron chi connectivity index (χ0n) is 13.5. The lowest BCUT2D eigenvalue weighted by Gasteiger charge is -2.17. The van der Waals surface area contributed by atoms with E-state index in [2.05, 4.69) is 5.32 Å². The molecule has 2 rings (SSSR count). The van der Waals surface area contributed by atoms with Crippen molar-refractivity contribution in [2.24, 2.45) is 5.73 Å². The summed E-state index contributed by atoms with van der Waals surface area (Å²) in [5.74, 6) is -2.38. The smallest absolute Gasteiger partial charge is 0.262 e. The molecule has 128 valence electrons. The molecule has 0 atom stereocenters. The van der Waals surface area contributed by atoms with Gasteiger partial charge in [-0.25, -0.2) is 4.39 Å². The minimum Gasteiger partial charge on any atom is -0.507 e. The molecule has 2 aromatic rings. The molecule has 0 bridgehead atoms. The van der Waals surface area contributed by atoms with Gasteiger partial charge in [0.15, 0.2) is 5.96 Å². The highest BCUT2D eigenvalue weighted by Crippen LogP contribution is 2.40. The number of nitrogens with two attached hydrogens (primary N) is 1. The molecular weight excluding hydrogens is 327 g/mol. The third kappa shape index (κ3) is 3.35. The Morgan fingerprint density at radius 3 is 2.68 bits per heavy atom. The summed E-state index contributed by atoms with van der Waals surface area (Å²) in [6.07, 6.45) is 0. The Balaban J connectivity index is 2.92. The van der Waals surface area contributed by atoms with E-state index in [1.54, 1.807) is 6.92 Å². The van der Waals surface area contributed by atoms with Crippen LogP contribution in [0.1, 0.15) is 21.5 Å². The standard InChI is InChI=1S/C17H15FN4O3/c1-8-5-12(23)15(16(24)22-17(20)21)14(11(8)7-19)10-6-9(18)3-4-13(10)25-2/h3-6,23H,1-2H3,(H4,20,21,22,24). The third-order valence-electron chi connectivity index (χ3n) is 3.52. The van der Waals surface area contributed by atoms with Crippen molar-refractivity contribution >= 4 is 11.9 Å². The van der Waals surface area contributed by atoms with E-state index in [4.69, 9.17) is 15.9 Å². The number of carbonyl (C=O) groups is 1. The van der Waals surface area contributed by atoms with Gasteiger partial charge in [-0.15, -0.1) is 0 Å². The molecule has 0 spiro atoms. The number of aryl methyl sites for hydroxylation is 1. The largest absolute Gasteiger partial charge is 0.507 e. The Bertz CT molecular complexity index is 919. The van der Waals surface area contributed by atoms with Crippen LogP contribution in [-0.4, -0.2) is 24.1 Å². The fourth-order valence-corrected chi connectivity index (χ4v) is 2.50. The van der Waals surface area contributed by atoms with Gasteiger partial charge in [-0.1, -0.05) is 0 Å². The summed E-state index contributed by atoms with van der Waals surface area (Å²) in [4.78, 5) is 12.4. The first-order chi connectivity index (χ1) is 11.8. The SMILES string of the molecule is COc1ccc(F)cc1-c1c(C#N)c(C)cc(O)c1C(=O)NC(=N)N. The maximum Gasteiger partial charge on any atom is 0.262 e. The molecule has 2 aromatic carbocycles. The van der Waals surface area contributed by atoms with Gasteiger partial charge in [-0.3, -0.25) is 15.5 Å². The van der Waals surface area contributed by atoms with Crippen molar-refractivity contribution in [1.29, 1.82) is 10.7 Å². The highest BCUT2D eigenvalue weighted by molar-refractivity contribution is 6.11. The molecule has 8 heteroatoms. The average molecular weight is 342 g/mol. The number of carbonyl (C=O) groups excluding carboxylic acids is 1. The van der Waals surface area contributed by atoms with Gasteiger partial charge in [-0.2, -0.15) is 5.26 Å². The van der Waals surface area contributed by atoms with E-state index < -0.39 is 23.4 Å². The number of rotatable bonds is 3. The molecule has 0 heterocycles. The van der Waals surface area contributed by atoms with Crippen LogP contribution >= 0.6 is 0 Å². The van der Waals surface area contributed by atoms with E-state index in [1.165, 1.54) is 25.3 Å². The Morgan fingerprint density at radius 2 is 2.12 bits per heavy atom. The second kappa shape index (κ2) is 6.88. The number of phenols is 1. The number of methoxy groups -OCH3 is 1. The summed E-state index contributed by atoms with van der Waals surface area (Å²) in [7, 11) is 1.35. The lowest BCUT2D eigenvalue weighted by Crippen LogP contribution is -2.36. The van der Waals surface area contributed by atoms with Gasteiger partial charge >= 0.3 is 0 Å². The molecule has 0 aliphatic carbocycles. The predicted octanol–water partition coefficient (Wildman–Crippen LogP) is 2.01. The molecule has 0 aliphatic rings. The van der Waals surface area contributed by atoms with Crippen molar-refractivity contribution in [2.45, 2.75) is 6.92 Å². The van der Waals surface area contributed by atoms with Crippen molar-refractivity contribution in [1.82, 2.24) is 5.32 Å². The van der Waals surface area contributed by atoms with Crippen LogP contribution in [0.25, 0.3) is 11.1 Å². The number of hydrogen-bond acceptors (Lipinski definition) is 5. The first-order valence-electron chi connectivity index (χ1n) is 7.06. The summed E-state index contributed by atoms with van der Waals surface area (Å²) < 4.78 is 19.0. The summed E-state index contributed by atoms with van der Waals surface area (Å²) in [5.41, 5.74) is 5.43. The molecule has 0 aliphatic heterocycles. The monoisotopic (exact) mass is 342 g/mol. The van der Waals surface area contributed by atoms with E-state index in [0.717, 1.165) is 6.07 Å². The van der Waals surface area contributed by atoms with E-state index in [9.17, 15) is 19.6 Å². The number of guanidine groups is 1. The molecule has 0 saturated carbocycles. The van der Waals surface area contributed by atoms with E-state index >= 15 is 0 Å². The van der Waals surface area contributed by atoms with Crippen molar-refractivity contribution in [3.63, 3.8) is 0 Å². The number of nitrogens with one attached hydrogen (secondary N) is 2. The van der Waals surface area contributed by atoms with Crippen molar-refractivity contribution < 1.29 is 19.0 Å². The van der Waals surface area contributed by atoms with Gasteiger partial charge in [0.25, 0.3) is 5.91 Å². The Morgan fingerprint density at radius 1 is 1.44 bits per heavy atom. The molecular formula is C17H15FN4O3. The zero-order chi connectivity index (χ0) is 18.7. The van der Waals surface area contributed by atoms with Crippen molar-refractivity contribution in [2.75, 3.05) is 7.11 Å². The average Bonchev–Trinajstić information content (AvgIpc) is 2.53. The lowest BCUT2D eigenvalue weighted by molar-refractivity contribution is 0.0974. The number of aromatic hydroxyl groups is 1. The van der Waals surface area contributed by atoms with Crippen molar-refractivity contribution in [3.05, 3.63) is 46.8 Å². The van der Waals surface area contributed by atoms with Gasteiger partial charge in [0.2, 0.25) is 0 Å². The van der Waals surface area contributed by atoms with Crippen LogP contribution in [0, 0.1) is 29.5 Å². The summed E-state index contributed by atoms with van der Waals surface area (Å²) in [6, 6.07) is 6.80. The van der Waals surface area contributed by atoms with Gasteiger partial charge < -0.3 is 15.6 Å². The second-order valence-electron chi connectivity index (χ2n) is 5.16. The third-order valence-corrected chi connectivity index (χ3v) is 3.52. The number of benzene rings is 2. The van der Waals surface area contributed by atoms with Crippen LogP contribution < -0.4 is 15.8 Å². The fourth-order valence-electron chi connectivity index (χ4n) is 2.50. The van der Waals surface area contributed by atoms with Crippen LogP contribution in [0.3, 0.4) is 0 Å². The summed E-state index contributed by atoms with van der Waals surface area (Å²) in [5, 5.41) is 29.0. The molecule has 5 N–H and O–H groups in total. The number of halogens is 1. The van der Waals surface area contributed by atoms with Crippen LogP contribution in [0.5, 0.6) is 11.5 Å². The highest BCUT2D eigenvalue weighted by atomic mass is 19.1. The Labute approximate surface area is 143 Å². The zero-order valence-corrected chi connectivity index (χ0v) is 13.5. The summed E-state index contributed by atoms with van der Waals surface area (Å²) in [6.45, 7) is 1.57. The molecule has 1 amide bonds. The highest BCUT2D eigenvalue weighted by Gasteiger charge is 2.25. The number of nitriles is 1. The van der Waals surface area contributed by atoms with E-state index in [-0.39, 0.29) is 28.0 Å². The minimum atomic E-state index is -0.900. The Kier molecular flexibility index (Phi) is 4.89. The van der Waals surface area contributed by atoms with Crippen LogP contribution in [0.2, 0.25) is 0 Å². The van der Waals surface area contributed by atoms with Gasteiger partial charge in [0.1, 0.15) is 23.4 Å². The van der Waals surface area contributed by atoms with Crippen molar-refractivity contribution in [3.8, 4) is 28.7 Å². The fraction of sp³-hybridized carbons (Fsp3) is 0.118. The topological polar surface area (TPSA) is 132 Å².